The summed E-state index contributed by atoms with van der Waals surface area (Å²) in [6.07, 6.45) is 0.527. The number of sulfonamides is 1. The molecule has 1 heterocycles. The second-order valence-corrected chi connectivity index (χ2v) is 11.2. The predicted molar refractivity (Wildman–Crippen MR) is 126 cm³/mol. The lowest BCUT2D eigenvalue weighted by Crippen LogP contribution is -2.49. The van der Waals surface area contributed by atoms with Gasteiger partial charge in [0.1, 0.15) is 0 Å². The Morgan fingerprint density at radius 2 is 1.61 bits per heavy atom. The molecule has 0 radical (unpaired) electrons. The van der Waals surface area contributed by atoms with Crippen LogP contribution in [-0.4, -0.2) is 45.4 Å². The number of hydrogen-bond acceptors (Lipinski definition) is 4. The largest absolute Gasteiger partial charge is 0.366 e. The van der Waals surface area contributed by atoms with E-state index >= 15 is 0 Å². The maximum atomic E-state index is 13.0. The van der Waals surface area contributed by atoms with Crippen molar-refractivity contribution in [1.29, 1.82) is 0 Å². The first-order valence-corrected chi connectivity index (χ1v) is 12.2. The molecule has 1 N–H and O–H groups in total. The number of carbonyl (C=O) groups excluding carboxylic acids is 1. The summed E-state index contributed by atoms with van der Waals surface area (Å²) in [6, 6.07) is 12.6. The monoisotopic (exact) mass is 443 g/mol. The van der Waals surface area contributed by atoms with Gasteiger partial charge >= 0.3 is 0 Å². The minimum atomic E-state index is -3.70. The van der Waals surface area contributed by atoms with Crippen LogP contribution in [0.2, 0.25) is 0 Å². The molecule has 0 aromatic heterocycles. The van der Waals surface area contributed by atoms with E-state index in [0.717, 1.165) is 16.8 Å². The second-order valence-electron chi connectivity index (χ2n) is 9.47. The van der Waals surface area contributed by atoms with Crippen molar-refractivity contribution < 1.29 is 13.2 Å². The number of nitrogens with zero attached hydrogens (tertiary/aromatic N) is 2. The van der Waals surface area contributed by atoms with Crippen LogP contribution in [0.4, 0.5) is 11.4 Å². The van der Waals surface area contributed by atoms with Crippen LogP contribution in [0.25, 0.3) is 0 Å². The molecule has 0 bridgehead atoms. The topological polar surface area (TPSA) is 69.7 Å². The molecular formula is C24H33N3O3S. The third kappa shape index (κ3) is 5.79. The summed E-state index contributed by atoms with van der Waals surface area (Å²) in [5, 5.41) is 0. The lowest BCUT2D eigenvalue weighted by molar-refractivity contribution is -0.133. The van der Waals surface area contributed by atoms with Gasteiger partial charge in [0, 0.05) is 32.6 Å². The van der Waals surface area contributed by atoms with Crippen molar-refractivity contribution in [2.45, 2.75) is 45.9 Å². The van der Waals surface area contributed by atoms with E-state index in [2.05, 4.69) is 30.4 Å². The minimum absolute atomic E-state index is 0.0343. The lowest BCUT2D eigenvalue weighted by atomic mass is 9.91. The van der Waals surface area contributed by atoms with Crippen LogP contribution in [-0.2, 0) is 14.8 Å². The number of piperazine rings is 1. The van der Waals surface area contributed by atoms with Crippen molar-refractivity contribution in [3.63, 3.8) is 0 Å². The molecule has 0 saturated carbocycles. The molecular weight excluding hydrogens is 410 g/mol. The summed E-state index contributed by atoms with van der Waals surface area (Å²) in [5.74, 6) is 0.177. The normalized spacial score (nSPS) is 15.1. The van der Waals surface area contributed by atoms with Crippen LogP contribution in [0.5, 0.6) is 0 Å². The SMILES string of the molecule is Cc1ccc(S(=O)(=O)Nc2ccccc2N2CCN(C(=O)CC(C)(C)C)CC2)cc1C. The smallest absolute Gasteiger partial charge is 0.261 e. The van der Waals surface area contributed by atoms with Gasteiger partial charge in [0.25, 0.3) is 10.0 Å². The van der Waals surface area contributed by atoms with Gasteiger partial charge in [-0.2, -0.15) is 0 Å². The zero-order chi connectivity index (χ0) is 22.8. The molecule has 1 fully saturated rings. The Balaban J connectivity index is 1.74. The first kappa shape index (κ1) is 23.1. The second kappa shape index (κ2) is 8.91. The predicted octanol–water partition coefficient (Wildman–Crippen LogP) is 4.19. The maximum absolute atomic E-state index is 13.0. The van der Waals surface area contributed by atoms with E-state index in [1.807, 2.05) is 43.0 Å². The number of para-hydroxylation sites is 2. The van der Waals surface area contributed by atoms with E-state index in [4.69, 9.17) is 0 Å². The molecule has 1 aliphatic rings. The van der Waals surface area contributed by atoms with Gasteiger partial charge in [-0.25, -0.2) is 8.42 Å². The number of rotatable bonds is 5. The Morgan fingerprint density at radius 3 is 2.23 bits per heavy atom. The highest BCUT2D eigenvalue weighted by atomic mass is 32.2. The molecule has 1 saturated heterocycles. The first-order chi connectivity index (χ1) is 14.5. The number of benzene rings is 2. The van der Waals surface area contributed by atoms with E-state index in [1.165, 1.54) is 0 Å². The fourth-order valence-electron chi connectivity index (χ4n) is 3.68. The summed E-state index contributed by atoms with van der Waals surface area (Å²) in [4.78, 5) is 16.8. The molecule has 7 heteroatoms. The highest BCUT2D eigenvalue weighted by molar-refractivity contribution is 7.92. The standard InChI is InChI=1S/C24H33N3O3S/c1-18-10-11-20(16-19(18)2)31(29,30)25-21-8-6-7-9-22(21)26-12-14-27(15-13-26)23(28)17-24(3,4)5/h6-11,16,25H,12-15,17H2,1-5H3. The zero-order valence-corrected chi connectivity index (χ0v) is 19.9. The van der Waals surface area contributed by atoms with E-state index < -0.39 is 10.0 Å². The van der Waals surface area contributed by atoms with E-state index in [9.17, 15) is 13.2 Å². The quantitative estimate of drug-likeness (QED) is 0.752. The van der Waals surface area contributed by atoms with Crippen molar-refractivity contribution >= 4 is 27.3 Å². The Morgan fingerprint density at radius 1 is 0.968 bits per heavy atom. The van der Waals surface area contributed by atoms with Crippen LogP contribution in [0.15, 0.2) is 47.4 Å². The van der Waals surface area contributed by atoms with E-state index in [1.54, 1.807) is 18.2 Å². The average molecular weight is 444 g/mol. The summed E-state index contributed by atoms with van der Waals surface area (Å²) < 4.78 is 28.7. The molecule has 0 unspecified atom stereocenters. The van der Waals surface area contributed by atoms with Crippen molar-refractivity contribution in [3.05, 3.63) is 53.6 Å². The van der Waals surface area contributed by atoms with Gasteiger partial charge in [0.2, 0.25) is 5.91 Å². The highest BCUT2D eigenvalue weighted by Gasteiger charge is 2.26. The minimum Gasteiger partial charge on any atom is -0.366 e. The van der Waals surface area contributed by atoms with Crippen molar-refractivity contribution in [2.24, 2.45) is 5.41 Å². The van der Waals surface area contributed by atoms with Crippen molar-refractivity contribution in [2.75, 3.05) is 35.8 Å². The Labute approximate surface area is 186 Å². The number of nitrogens with one attached hydrogen (secondary N) is 1. The Hall–Kier alpha value is -2.54. The van der Waals surface area contributed by atoms with E-state index in [0.29, 0.717) is 38.3 Å². The number of hydrogen-bond donors (Lipinski definition) is 1. The summed E-state index contributed by atoms with van der Waals surface area (Å²) in [7, 11) is -3.70. The average Bonchev–Trinajstić information content (AvgIpc) is 2.69. The Kier molecular flexibility index (Phi) is 6.65. The molecule has 0 spiro atoms. The number of carbonyl (C=O) groups is 1. The molecule has 2 aromatic carbocycles. The molecule has 6 nitrogen and oxygen atoms in total. The van der Waals surface area contributed by atoms with Crippen LogP contribution in [0.1, 0.15) is 38.3 Å². The molecule has 2 aromatic rings. The lowest BCUT2D eigenvalue weighted by Gasteiger charge is -2.37. The molecule has 3 rings (SSSR count). The summed E-state index contributed by atoms with van der Waals surface area (Å²) in [5.41, 5.74) is 3.34. The Bertz CT molecular complexity index is 1050. The van der Waals surface area contributed by atoms with Gasteiger partial charge in [0.05, 0.1) is 16.3 Å². The van der Waals surface area contributed by atoms with E-state index in [-0.39, 0.29) is 16.2 Å². The van der Waals surface area contributed by atoms with Gasteiger partial charge in [-0.05, 0) is 54.7 Å². The van der Waals surface area contributed by atoms with Crippen LogP contribution < -0.4 is 9.62 Å². The number of aryl methyl sites for hydroxylation is 2. The molecule has 1 amide bonds. The zero-order valence-electron chi connectivity index (χ0n) is 19.1. The van der Waals surface area contributed by atoms with Crippen LogP contribution >= 0.6 is 0 Å². The van der Waals surface area contributed by atoms with Gasteiger partial charge in [0.15, 0.2) is 0 Å². The van der Waals surface area contributed by atoms with Gasteiger partial charge in [-0.15, -0.1) is 0 Å². The van der Waals surface area contributed by atoms with Gasteiger partial charge in [-0.3, -0.25) is 9.52 Å². The molecule has 0 aliphatic carbocycles. The number of anilines is 2. The molecule has 1 aliphatic heterocycles. The van der Waals surface area contributed by atoms with Gasteiger partial charge in [-0.1, -0.05) is 39.0 Å². The fraction of sp³-hybridized carbons (Fsp3) is 0.458. The third-order valence-electron chi connectivity index (χ3n) is 5.59. The number of amides is 1. The first-order valence-electron chi connectivity index (χ1n) is 10.7. The third-order valence-corrected chi connectivity index (χ3v) is 6.95. The van der Waals surface area contributed by atoms with Crippen LogP contribution in [0.3, 0.4) is 0 Å². The summed E-state index contributed by atoms with van der Waals surface area (Å²) >= 11 is 0. The summed E-state index contributed by atoms with van der Waals surface area (Å²) in [6.45, 7) is 12.7. The molecule has 0 atom stereocenters. The van der Waals surface area contributed by atoms with Crippen molar-refractivity contribution in [3.8, 4) is 0 Å². The maximum Gasteiger partial charge on any atom is 0.261 e. The fourth-order valence-corrected chi connectivity index (χ4v) is 4.84. The van der Waals surface area contributed by atoms with Crippen LogP contribution in [0, 0.1) is 19.3 Å². The van der Waals surface area contributed by atoms with Gasteiger partial charge < -0.3 is 9.80 Å². The molecule has 31 heavy (non-hydrogen) atoms. The molecule has 168 valence electrons. The highest BCUT2D eigenvalue weighted by Crippen LogP contribution is 2.30. The van der Waals surface area contributed by atoms with Crippen molar-refractivity contribution in [1.82, 2.24) is 4.90 Å².